The molecule has 0 heterocycles. The van der Waals surface area contributed by atoms with Crippen molar-refractivity contribution in [3.05, 3.63) is 11.1 Å². The molecular weight excluding hydrogens is 237 g/mol. The van der Waals surface area contributed by atoms with Crippen LogP contribution in [-0.2, 0) is 29.1 Å². The fraction of sp³-hybridized carbons (Fsp3) is 0.556. The van der Waals surface area contributed by atoms with Crippen LogP contribution in [0.2, 0.25) is 0 Å². The monoisotopic (exact) mass is 246 g/mol. The summed E-state index contributed by atoms with van der Waals surface area (Å²) >= 11 is 0. The van der Waals surface area contributed by atoms with Gasteiger partial charge in [0.1, 0.15) is 0 Å². The van der Waals surface area contributed by atoms with Crippen molar-refractivity contribution in [3.8, 4) is 0 Å². The predicted molar refractivity (Wildman–Crippen MR) is 43.1 cm³/mol. The Labute approximate surface area is 93.8 Å². The minimum Gasteiger partial charge on any atom is -0.481 e. The molecule has 0 aromatic carbocycles. The third kappa shape index (κ3) is 1.50. The first-order valence-corrected chi connectivity index (χ1v) is 4.29. The van der Waals surface area contributed by atoms with E-state index in [0.29, 0.717) is 6.42 Å². The van der Waals surface area contributed by atoms with Gasteiger partial charge in [0, 0.05) is 19.5 Å². The van der Waals surface area contributed by atoms with E-state index in [1.165, 1.54) is 0 Å². The Morgan fingerprint density at radius 3 is 2.36 bits per heavy atom. The van der Waals surface area contributed by atoms with Crippen molar-refractivity contribution in [2.75, 3.05) is 0 Å². The molecule has 2 aliphatic carbocycles. The molecule has 2 atom stereocenters. The molecule has 2 rings (SSSR count). The Balaban J connectivity index is 0.000000980. The second-order valence-electron chi connectivity index (χ2n) is 3.64. The fourth-order valence-electron chi connectivity index (χ4n) is 2.47. The molecule has 0 aliphatic heterocycles. The van der Waals surface area contributed by atoms with Crippen molar-refractivity contribution in [3.63, 3.8) is 0 Å². The standard InChI is InChI=1S/C9H10O4.Zn/c10-8(11)6-4-1-2-5(3-4)7(6)9(12)13;/h4,6H,1-3H2,(H,10,11)(H,12,13);. The zero-order valence-corrected chi connectivity index (χ0v) is 10.7. The normalized spacial score (nSPS) is 28.9. The van der Waals surface area contributed by atoms with Gasteiger partial charge in [0.15, 0.2) is 0 Å². The van der Waals surface area contributed by atoms with Crippen LogP contribution in [-0.4, -0.2) is 22.2 Å². The van der Waals surface area contributed by atoms with E-state index >= 15 is 0 Å². The Kier molecular flexibility index (Phi) is 3.10. The van der Waals surface area contributed by atoms with E-state index < -0.39 is 17.9 Å². The van der Waals surface area contributed by atoms with Crippen molar-refractivity contribution in [2.45, 2.75) is 19.3 Å². The SMILES string of the molecule is O=C(O)C1=C2CCC(C2)C1C(=O)O.[Zn]. The minimum atomic E-state index is -1.05. The van der Waals surface area contributed by atoms with E-state index in [9.17, 15) is 9.59 Å². The Hall–Kier alpha value is -0.697. The van der Waals surface area contributed by atoms with E-state index in [2.05, 4.69) is 0 Å². The molecule has 2 N–H and O–H groups in total. The maximum atomic E-state index is 10.8. The van der Waals surface area contributed by atoms with Gasteiger partial charge in [-0.3, -0.25) is 4.79 Å². The van der Waals surface area contributed by atoms with E-state index in [-0.39, 0.29) is 31.0 Å². The van der Waals surface area contributed by atoms with Crippen LogP contribution in [0.25, 0.3) is 0 Å². The largest absolute Gasteiger partial charge is 0.481 e. The molecular formula is C9H10O4Zn. The summed E-state index contributed by atoms with van der Waals surface area (Å²) in [6, 6.07) is 0. The van der Waals surface area contributed by atoms with Gasteiger partial charge in [-0.05, 0) is 25.2 Å². The number of allylic oxidation sites excluding steroid dienone is 1. The van der Waals surface area contributed by atoms with Gasteiger partial charge in [-0.1, -0.05) is 5.57 Å². The molecule has 1 fully saturated rings. The van der Waals surface area contributed by atoms with Crippen LogP contribution in [0.3, 0.4) is 0 Å². The zero-order chi connectivity index (χ0) is 9.59. The second kappa shape index (κ2) is 3.81. The van der Waals surface area contributed by atoms with Crippen molar-refractivity contribution in [1.82, 2.24) is 0 Å². The molecule has 1 saturated carbocycles. The third-order valence-electron chi connectivity index (χ3n) is 2.99. The first kappa shape index (κ1) is 11.4. The van der Waals surface area contributed by atoms with Crippen LogP contribution < -0.4 is 0 Å². The summed E-state index contributed by atoms with van der Waals surface area (Å²) in [6.45, 7) is 0. The van der Waals surface area contributed by atoms with E-state index in [4.69, 9.17) is 10.2 Å². The molecule has 5 heteroatoms. The summed E-state index contributed by atoms with van der Waals surface area (Å²) in [5, 5.41) is 17.7. The Bertz CT molecular complexity index is 321. The Morgan fingerprint density at radius 1 is 1.29 bits per heavy atom. The molecule has 0 aromatic heterocycles. The van der Waals surface area contributed by atoms with Crippen molar-refractivity contribution in [1.29, 1.82) is 0 Å². The summed E-state index contributed by atoms with van der Waals surface area (Å²) in [7, 11) is 0. The second-order valence-corrected chi connectivity index (χ2v) is 3.64. The number of carboxylic acids is 2. The number of hydrogen-bond acceptors (Lipinski definition) is 2. The van der Waals surface area contributed by atoms with Crippen LogP contribution >= 0.6 is 0 Å². The van der Waals surface area contributed by atoms with Crippen molar-refractivity contribution >= 4 is 11.9 Å². The number of aliphatic carboxylic acids is 2. The molecule has 4 nitrogen and oxygen atoms in total. The van der Waals surface area contributed by atoms with Crippen molar-refractivity contribution < 1.29 is 39.3 Å². The maximum absolute atomic E-state index is 10.8. The molecule has 72 valence electrons. The summed E-state index contributed by atoms with van der Waals surface area (Å²) in [5.74, 6) is -2.75. The molecule has 2 bridgehead atoms. The van der Waals surface area contributed by atoms with Crippen LogP contribution in [0, 0.1) is 11.8 Å². The maximum Gasteiger partial charge on any atom is 0.332 e. The number of hydrogen-bond donors (Lipinski definition) is 2. The molecule has 0 saturated heterocycles. The number of carboxylic acid groups (broad SMARTS) is 2. The van der Waals surface area contributed by atoms with Gasteiger partial charge in [-0.2, -0.15) is 0 Å². The van der Waals surface area contributed by atoms with Gasteiger partial charge in [0.05, 0.1) is 11.5 Å². The summed E-state index contributed by atoms with van der Waals surface area (Å²) in [6.07, 6.45) is 2.29. The van der Waals surface area contributed by atoms with Gasteiger partial charge in [0.2, 0.25) is 0 Å². The third-order valence-corrected chi connectivity index (χ3v) is 2.99. The molecule has 2 aliphatic rings. The van der Waals surface area contributed by atoms with Gasteiger partial charge in [-0.15, -0.1) is 0 Å². The fourth-order valence-corrected chi connectivity index (χ4v) is 2.47. The molecule has 14 heavy (non-hydrogen) atoms. The molecule has 0 amide bonds. The van der Waals surface area contributed by atoms with Crippen molar-refractivity contribution in [2.24, 2.45) is 11.8 Å². The van der Waals surface area contributed by atoms with E-state index in [1.54, 1.807) is 0 Å². The first-order valence-electron chi connectivity index (χ1n) is 4.29. The minimum absolute atomic E-state index is 0. The van der Waals surface area contributed by atoms with Crippen LogP contribution in [0.1, 0.15) is 19.3 Å². The van der Waals surface area contributed by atoms with Gasteiger partial charge in [-0.25, -0.2) is 4.79 Å². The van der Waals surface area contributed by atoms with E-state index in [0.717, 1.165) is 18.4 Å². The quantitative estimate of drug-likeness (QED) is 0.711. The topological polar surface area (TPSA) is 74.6 Å². The summed E-state index contributed by atoms with van der Waals surface area (Å²) in [4.78, 5) is 21.6. The average Bonchev–Trinajstić information content (AvgIpc) is 2.60. The number of carbonyl (C=O) groups is 2. The Morgan fingerprint density at radius 2 is 1.93 bits per heavy atom. The zero-order valence-electron chi connectivity index (χ0n) is 7.69. The summed E-state index contributed by atoms with van der Waals surface area (Å²) < 4.78 is 0. The molecule has 0 radical (unpaired) electrons. The van der Waals surface area contributed by atoms with Crippen LogP contribution in [0.5, 0.6) is 0 Å². The number of fused-ring (bicyclic) bond motifs is 2. The van der Waals surface area contributed by atoms with Gasteiger partial charge >= 0.3 is 11.9 Å². The predicted octanol–water partition coefficient (Wildman–Crippen LogP) is 0.880. The molecule has 0 spiro atoms. The van der Waals surface area contributed by atoms with Crippen LogP contribution in [0.4, 0.5) is 0 Å². The smallest absolute Gasteiger partial charge is 0.332 e. The average molecular weight is 248 g/mol. The number of rotatable bonds is 2. The van der Waals surface area contributed by atoms with Gasteiger partial charge < -0.3 is 10.2 Å². The first-order chi connectivity index (χ1) is 6.11. The van der Waals surface area contributed by atoms with Crippen LogP contribution in [0.15, 0.2) is 11.1 Å². The summed E-state index contributed by atoms with van der Waals surface area (Å²) in [5.41, 5.74) is 1.01. The molecule has 0 aromatic rings. The van der Waals surface area contributed by atoms with E-state index in [1.807, 2.05) is 0 Å². The molecule has 2 unspecified atom stereocenters. The van der Waals surface area contributed by atoms with Gasteiger partial charge in [0.25, 0.3) is 0 Å².